The number of carbonyl (C=O) groups excluding carboxylic acids is 1. The molecule has 8 nitrogen and oxygen atoms in total. The number of nitrogens with one attached hydrogen (secondary N) is 1. The minimum atomic E-state index is -0.302. The molecule has 0 aliphatic rings. The first-order valence-electron chi connectivity index (χ1n) is 8.56. The minimum Gasteiger partial charge on any atom is -0.382 e. The summed E-state index contributed by atoms with van der Waals surface area (Å²) in [5, 5.41) is 7.42. The van der Waals surface area contributed by atoms with Crippen molar-refractivity contribution in [3.63, 3.8) is 0 Å². The van der Waals surface area contributed by atoms with Crippen LogP contribution >= 0.6 is 0 Å². The predicted octanol–water partition coefficient (Wildman–Crippen LogP) is 2.26. The molecule has 27 heavy (non-hydrogen) atoms. The molecule has 140 valence electrons. The third kappa shape index (κ3) is 5.19. The maximum Gasteiger partial charge on any atom is 0.274 e. The Morgan fingerprint density at radius 3 is 2.59 bits per heavy atom. The van der Waals surface area contributed by atoms with E-state index < -0.39 is 0 Å². The van der Waals surface area contributed by atoms with Gasteiger partial charge < -0.3 is 14.8 Å². The average molecular weight is 367 g/mol. The zero-order valence-electron chi connectivity index (χ0n) is 15.0. The van der Waals surface area contributed by atoms with Crippen LogP contribution in [0.5, 0.6) is 0 Å². The molecule has 0 atom stereocenters. The molecule has 0 fully saturated rings. The molecular weight excluding hydrogens is 346 g/mol. The highest BCUT2D eigenvalue weighted by Gasteiger charge is 2.16. The zero-order chi connectivity index (χ0) is 18.9. The average Bonchev–Trinajstić information content (AvgIpc) is 3.11. The summed E-state index contributed by atoms with van der Waals surface area (Å²) >= 11 is 0. The summed E-state index contributed by atoms with van der Waals surface area (Å²) in [5.41, 5.74) is 2.17. The van der Waals surface area contributed by atoms with E-state index in [2.05, 4.69) is 20.4 Å². The first-order chi connectivity index (χ1) is 13.3. The van der Waals surface area contributed by atoms with E-state index in [0.717, 1.165) is 0 Å². The molecule has 0 saturated carbocycles. The molecule has 3 aromatic rings. The number of carbonyl (C=O) groups is 1. The van der Waals surface area contributed by atoms with Gasteiger partial charge in [-0.05, 0) is 24.3 Å². The molecule has 3 rings (SSSR count). The van der Waals surface area contributed by atoms with Crippen molar-refractivity contribution >= 4 is 11.6 Å². The summed E-state index contributed by atoms with van der Waals surface area (Å²) < 4.78 is 12.2. The molecule has 0 aromatic carbocycles. The molecule has 0 unspecified atom stereocenters. The fourth-order valence-corrected chi connectivity index (χ4v) is 2.41. The van der Waals surface area contributed by atoms with Crippen LogP contribution < -0.4 is 5.32 Å². The van der Waals surface area contributed by atoms with Crippen molar-refractivity contribution < 1.29 is 14.3 Å². The van der Waals surface area contributed by atoms with Gasteiger partial charge in [0, 0.05) is 25.7 Å². The van der Waals surface area contributed by atoms with E-state index in [1.165, 1.54) is 0 Å². The Hall–Kier alpha value is -3.10. The van der Waals surface area contributed by atoms with Crippen LogP contribution in [0.4, 0.5) is 5.69 Å². The number of nitrogens with zero attached hydrogens (tertiary/aromatic N) is 4. The van der Waals surface area contributed by atoms with Crippen LogP contribution in [0.2, 0.25) is 0 Å². The zero-order valence-corrected chi connectivity index (χ0v) is 15.0. The molecule has 0 radical (unpaired) electrons. The SMILES string of the molecule is COCCOCCn1cc(NC(=O)c2ccccn2)c(-c2ccccn2)n1. The molecule has 0 aliphatic heterocycles. The number of rotatable bonds is 9. The van der Waals surface area contributed by atoms with Crippen LogP contribution in [0.15, 0.2) is 55.0 Å². The lowest BCUT2D eigenvalue weighted by atomic mass is 10.2. The van der Waals surface area contributed by atoms with Crippen LogP contribution in [0.25, 0.3) is 11.4 Å². The van der Waals surface area contributed by atoms with Crippen LogP contribution in [0.3, 0.4) is 0 Å². The van der Waals surface area contributed by atoms with Crippen molar-refractivity contribution in [1.29, 1.82) is 0 Å². The van der Waals surface area contributed by atoms with Gasteiger partial charge in [-0.15, -0.1) is 0 Å². The van der Waals surface area contributed by atoms with Gasteiger partial charge in [-0.2, -0.15) is 5.10 Å². The fraction of sp³-hybridized carbons (Fsp3) is 0.263. The molecule has 1 N–H and O–H groups in total. The lowest BCUT2D eigenvalue weighted by Crippen LogP contribution is -2.13. The maximum absolute atomic E-state index is 12.5. The van der Waals surface area contributed by atoms with E-state index in [0.29, 0.717) is 49.1 Å². The van der Waals surface area contributed by atoms with Crippen LogP contribution in [0, 0.1) is 0 Å². The van der Waals surface area contributed by atoms with E-state index in [9.17, 15) is 4.79 Å². The standard InChI is InChI=1S/C19H21N5O3/c1-26-12-13-27-11-10-24-14-17(18(23-24)15-6-2-4-8-20-15)22-19(25)16-7-3-5-9-21-16/h2-9,14H,10-13H2,1H3,(H,22,25). The second-order valence-electron chi connectivity index (χ2n) is 5.64. The van der Waals surface area contributed by atoms with E-state index >= 15 is 0 Å². The van der Waals surface area contributed by atoms with Gasteiger partial charge in [0.15, 0.2) is 0 Å². The number of hydrogen-bond donors (Lipinski definition) is 1. The van der Waals surface area contributed by atoms with E-state index in [4.69, 9.17) is 9.47 Å². The largest absolute Gasteiger partial charge is 0.382 e. The van der Waals surface area contributed by atoms with E-state index in [1.54, 1.807) is 48.6 Å². The van der Waals surface area contributed by atoms with Crippen molar-refractivity contribution in [2.75, 3.05) is 32.2 Å². The number of hydrogen-bond acceptors (Lipinski definition) is 6. The number of aromatic nitrogens is 4. The van der Waals surface area contributed by atoms with E-state index in [-0.39, 0.29) is 5.91 Å². The predicted molar refractivity (Wildman–Crippen MR) is 100 cm³/mol. The lowest BCUT2D eigenvalue weighted by molar-refractivity contribution is 0.0654. The van der Waals surface area contributed by atoms with Gasteiger partial charge in [-0.25, -0.2) is 0 Å². The monoisotopic (exact) mass is 367 g/mol. The summed E-state index contributed by atoms with van der Waals surface area (Å²) in [6.07, 6.45) is 5.03. The normalized spacial score (nSPS) is 10.7. The quantitative estimate of drug-likeness (QED) is 0.583. The molecule has 0 bridgehead atoms. The molecule has 3 heterocycles. The van der Waals surface area contributed by atoms with Crippen molar-refractivity contribution in [2.24, 2.45) is 0 Å². The third-order valence-electron chi connectivity index (χ3n) is 3.71. The molecular formula is C19H21N5O3. The Morgan fingerprint density at radius 1 is 1.07 bits per heavy atom. The molecule has 0 spiro atoms. The molecule has 0 saturated heterocycles. The molecule has 0 aliphatic carbocycles. The minimum absolute atomic E-state index is 0.302. The summed E-state index contributed by atoms with van der Waals surface area (Å²) in [7, 11) is 1.63. The van der Waals surface area contributed by atoms with Gasteiger partial charge in [0.05, 0.1) is 37.7 Å². The Kier molecular flexibility index (Phi) is 6.61. The Balaban J connectivity index is 1.77. The van der Waals surface area contributed by atoms with Crippen molar-refractivity contribution in [2.45, 2.75) is 6.54 Å². The highest BCUT2D eigenvalue weighted by molar-refractivity contribution is 6.04. The second-order valence-corrected chi connectivity index (χ2v) is 5.64. The van der Waals surface area contributed by atoms with Crippen LogP contribution in [0.1, 0.15) is 10.5 Å². The highest BCUT2D eigenvalue weighted by Crippen LogP contribution is 2.25. The Bertz CT molecular complexity index is 852. The topological polar surface area (TPSA) is 91.2 Å². The second kappa shape index (κ2) is 9.56. The number of ether oxygens (including phenoxy) is 2. The summed E-state index contributed by atoms with van der Waals surface area (Å²) in [5.74, 6) is -0.302. The van der Waals surface area contributed by atoms with Gasteiger partial charge in [0.25, 0.3) is 5.91 Å². The highest BCUT2D eigenvalue weighted by atomic mass is 16.5. The van der Waals surface area contributed by atoms with Gasteiger partial charge in [-0.3, -0.25) is 19.4 Å². The molecule has 1 amide bonds. The van der Waals surface area contributed by atoms with Gasteiger partial charge >= 0.3 is 0 Å². The number of pyridine rings is 2. The van der Waals surface area contributed by atoms with Crippen molar-refractivity contribution in [3.8, 4) is 11.4 Å². The fourth-order valence-electron chi connectivity index (χ4n) is 2.41. The lowest BCUT2D eigenvalue weighted by Gasteiger charge is -2.04. The first kappa shape index (κ1) is 18.7. The molecule has 8 heteroatoms. The Labute approximate surface area is 157 Å². The van der Waals surface area contributed by atoms with E-state index in [1.807, 2.05) is 18.2 Å². The van der Waals surface area contributed by atoms with Crippen molar-refractivity contribution in [3.05, 3.63) is 60.7 Å². The first-order valence-corrected chi connectivity index (χ1v) is 8.56. The summed E-state index contributed by atoms with van der Waals surface area (Å²) in [6.45, 7) is 2.10. The maximum atomic E-state index is 12.5. The van der Waals surface area contributed by atoms with Gasteiger partial charge in [-0.1, -0.05) is 12.1 Å². The Morgan fingerprint density at radius 2 is 1.89 bits per heavy atom. The summed E-state index contributed by atoms with van der Waals surface area (Å²) in [6, 6.07) is 10.7. The molecule has 3 aromatic heterocycles. The summed E-state index contributed by atoms with van der Waals surface area (Å²) in [4.78, 5) is 20.9. The van der Waals surface area contributed by atoms with Crippen molar-refractivity contribution in [1.82, 2.24) is 19.7 Å². The van der Waals surface area contributed by atoms with Gasteiger partial charge in [0.2, 0.25) is 0 Å². The smallest absolute Gasteiger partial charge is 0.274 e. The van der Waals surface area contributed by atoms with Gasteiger partial charge in [0.1, 0.15) is 11.4 Å². The number of methoxy groups -OCH3 is 1. The van der Waals surface area contributed by atoms with Crippen LogP contribution in [-0.2, 0) is 16.0 Å². The number of amides is 1. The van der Waals surface area contributed by atoms with Crippen LogP contribution in [-0.4, -0.2) is 52.6 Å². The third-order valence-corrected chi connectivity index (χ3v) is 3.71. The number of anilines is 1.